The Morgan fingerprint density at radius 2 is 1.63 bits per heavy atom. The van der Waals surface area contributed by atoms with Gasteiger partial charge in [0.2, 0.25) is 0 Å². The molecule has 0 spiro atoms. The number of benzene rings is 1. The van der Waals surface area contributed by atoms with Crippen LogP contribution in [0.25, 0.3) is 0 Å². The highest BCUT2D eigenvalue weighted by Crippen LogP contribution is 2.48. The predicted octanol–water partition coefficient (Wildman–Crippen LogP) is 4.51. The summed E-state index contributed by atoms with van der Waals surface area (Å²) in [5.41, 5.74) is -0.0766. The molecular formula is C19H30NO9P. The standard InChI is InChI=1S/C19H30NO9P/c1-7-27-30(24,28-8-2)10-9-18(21)29-19(13(3)4)14-11-16(25-5)17(26-6)12-15(14)20(22)23/h11-13,19H,7-10H2,1-6H3. The third-order valence-electron chi connectivity index (χ3n) is 4.14. The number of nitro groups is 1. The highest BCUT2D eigenvalue weighted by molar-refractivity contribution is 7.53. The van der Waals surface area contributed by atoms with E-state index in [1.807, 2.05) is 0 Å². The van der Waals surface area contributed by atoms with Crippen molar-refractivity contribution in [1.29, 1.82) is 0 Å². The van der Waals surface area contributed by atoms with Crippen LogP contribution in [0.1, 0.15) is 45.8 Å². The van der Waals surface area contributed by atoms with E-state index in [1.54, 1.807) is 27.7 Å². The summed E-state index contributed by atoms with van der Waals surface area (Å²) in [6.07, 6.45) is -1.29. The normalized spacial score (nSPS) is 12.5. The molecule has 0 N–H and O–H groups in total. The minimum Gasteiger partial charge on any atom is -0.493 e. The molecule has 1 aromatic rings. The molecule has 170 valence electrons. The molecule has 0 bridgehead atoms. The minimum atomic E-state index is -3.41. The Kier molecular flexibility index (Phi) is 10.2. The van der Waals surface area contributed by atoms with Gasteiger partial charge in [0.1, 0.15) is 6.10 Å². The summed E-state index contributed by atoms with van der Waals surface area (Å²) in [5, 5.41) is 11.6. The van der Waals surface area contributed by atoms with Crippen molar-refractivity contribution < 1.29 is 37.5 Å². The number of nitrogens with zero attached hydrogens (tertiary/aromatic N) is 1. The number of hydrogen-bond acceptors (Lipinski definition) is 9. The zero-order valence-corrected chi connectivity index (χ0v) is 19.1. The van der Waals surface area contributed by atoms with Gasteiger partial charge < -0.3 is 23.3 Å². The van der Waals surface area contributed by atoms with Crippen molar-refractivity contribution in [3.05, 3.63) is 27.8 Å². The zero-order valence-electron chi connectivity index (χ0n) is 18.2. The van der Waals surface area contributed by atoms with E-state index in [0.717, 1.165) is 0 Å². The molecule has 0 fully saturated rings. The largest absolute Gasteiger partial charge is 0.493 e. The monoisotopic (exact) mass is 447 g/mol. The highest BCUT2D eigenvalue weighted by atomic mass is 31.2. The third-order valence-corrected chi connectivity index (χ3v) is 6.22. The van der Waals surface area contributed by atoms with Crippen LogP contribution in [0.5, 0.6) is 11.5 Å². The van der Waals surface area contributed by atoms with Crippen LogP contribution in [0.4, 0.5) is 5.69 Å². The second-order valence-electron chi connectivity index (χ2n) is 6.60. The third kappa shape index (κ3) is 6.97. The molecule has 11 heteroatoms. The van der Waals surface area contributed by atoms with Crippen LogP contribution in [0.2, 0.25) is 0 Å². The molecule has 1 atom stereocenters. The topological polar surface area (TPSA) is 123 Å². The fourth-order valence-electron chi connectivity index (χ4n) is 2.82. The van der Waals surface area contributed by atoms with Crippen molar-refractivity contribution in [3.63, 3.8) is 0 Å². The number of carbonyl (C=O) groups is 1. The first-order valence-electron chi connectivity index (χ1n) is 9.60. The van der Waals surface area contributed by atoms with Gasteiger partial charge in [-0.1, -0.05) is 13.8 Å². The second kappa shape index (κ2) is 11.9. The molecule has 0 aromatic heterocycles. The van der Waals surface area contributed by atoms with Gasteiger partial charge in [0.15, 0.2) is 11.5 Å². The summed E-state index contributed by atoms with van der Waals surface area (Å²) in [4.78, 5) is 23.5. The molecule has 0 amide bonds. The first kappa shape index (κ1) is 25.9. The van der Waals surface area contributed by atoms with E-state index in [4.69, 9.17) is 23.3 Å². The molecule has 1 aromatic carbocycles. The van der Waals surface area contributed by atoms with Gasteiger partial charge >= 0.3 is 13.6 Å². The maximum Gasteiger partial charge on any atom is 0.331 e. The van der Waals surface area contributed by atoms with Crippen molar-refractivity contribution in [2.75, 3.05) is 33.6 Å². The van der Waals surface area contributed by atoms with E-state index in [9.17, 15) is 19.5 Å². The van der Waals surface area contributed by atoms with Gasteiger partial charge in [-0.25, -0.2) is 0 Å². The smallest absolute Gasteiger partial charge is 0.331 e. The summed E-state index contributed by atoms with van der Waals surface area (Å²) in [6, 6.07) is 2.66. The zero-order chi connectivity index (χ0) is 22.9. The van der Waals surface area contributed by atoms with E-state index < -0.39 is 24.6 Å². The lowest BCUT2D eigenvalue weighted by molar-refractivity contribution is -0.386. The van der Waals surface area contributed by atoms with Gasteiger partial charge in [-0.05, 0) is 25.8 Å². The number of nitro benzene ring substituents is 1. The Bertz CT molecular complexity index is 772. The van der Waals surface area contributed by atoms with Crippen LogP contribution >= 0.6 is 7.60 Å². The van der Waals surface area contributed by atoms with Gasteiger partial charge in [-0.3, -0.25) is 19.5 Å². The van der Waals surface area contributed by atoms with Crippen LogP contribution < -0.4 is 9.47 Å². The Labute approximate surface area is 176 Å². The van der Waals surface area contributed by atoms with Crippen LogP contribution in [-0.4, -0.2) is 44.5 Å². The van der Waals surface area contributed by atoms with Crippen LogP contribution in [0, 0.1) is 16.0 Å². The molecule has 1 unspecified atom stereocenters. The van der Waals surface area contributed by atoms with Crippen molar-refractivity contribution in [2.45, 2.75) is 40.2 Å². The Morgan fingerprint density at radius 3 is 2.07 bits per heavy atom. The number of rotatable bonds is 13. The van der Waals surface area contributed by atoms with Crippen molar-refractivity contribution in [3.8, 4) is 11.5 Å². The Morgan fingerprint density at radius 1 is 1.10 bits per heavy atom. The quantitative estimate of drug-likeness (QED) is 0.186. The molecule has 0 aliphatic carbocycles. The minimum absolute atomic E-state index is 0.146. The first-order chi connectivity index (χ1) is 14.1. The van der Waals surface area contributed by atoms with Gasteiger partial charge in [0.05, 0.1) is 56.6 Å². The van der Waals surface area contributed by atoms with Crippen molar-refractivity contribution in [2.24, 2.45) is 5.92 Å². The van der Waals surface area contributed by atoms with Crippen LogP contribution in [-0.2, 0) is 23.1 Å². The van der Waals surface area contributed by atoms with E-state index >= 15 is 0 Å². The number of ether oxygens (including phenoxy) is 3. The summed E-state index contributed by atoms with van der Waals surface area (Å²) in [5.74, 6) is -0.484. The fourth-order valence-corrected chi connectivity index (χ4v) is 4.39. The maximum atomic E-state index is 12.5. The molecule has 30 heavy (non-hydrogen) atoms. The molecule has 0 saturated heterocycles. The molecule has 0 saturated carbocycles. The van der Waals surface area contributed by atoms with Gasteiger partial charge in [-0.15, -0.1) is 0 Å². The second-order valence-corrected chi connectivity index (χ2v) is 8.78. The Hall–Kier alpha value is -2.16. The van der Waals surface area contributed by atoms with Gasteiger partial charge in [0, 0.05) is 0 Å². The summed E-state index contributed by atoms with van der Waals surface area (Å²) in [6.45, 7) is 7.24. The van der Waals surface area contributed by atoms with Crippen LogP contribution in [0.3, 0.4) is 0 Å². The maximum absolute atomic E-state index is 12.5. The van der Waals surface area contributed by atoms with E-state index in [-0.39, 0.29) is 54.5 Å². The SMILES string of the molecule is CCOP(=O)(CCC(=O)OC(c1cc(OC)c(OC)cc1[N+](=O)[O-])C(C)C)OCC. The summed E-state index contributed by atoms with van der Waals surface area (Å²) in [7, 11) is -0.630. The number of esters is 1. The lowest BCUT2D eigenvalue weighted by Crippen LogP contribution is -2.19. The lowest BCUT2D eigenvalue weighted by Gasteiger charge is -2.23. The molecule has 0 radical (unpaired) electrons. The summed E-state index contributed by atoms with van der Waals surface area (Å²) >= 11 is 0. The molecular weight excluding hydrogens is 417 g/mol. The average molecular weight is 447 g/mol. The highest BCUT2D eigenvalue weighted by Gasteiger charge is 2.32. The van der Waals surface area contributed by atoms with Gasteiger partial charge in [-0.2, -0.15) is 0 Å². The van der Waals surface area contributed by atoms with E-state index in [0.29, 0.717) is 0 Å². The molecule has 0 aliphatic rings. The average Bonchev–Trinajstić information content (AvgIpc) is 2.69. The van der Waals surface area contributed by atoms with Crippen LogP contribution in [0.15, 0.2) is 12.1 Å². The van der Waals surface area contributed by atoms with Crippen molar-refractivity contribution >= 4 is 19.3 Å². The number of methoxy groups -OCH3 is 2. The predicted molar refractivity (Wildman–Crippen MR) is 110 cm³/mol. The fraction of sp³-hybridized carbons (Fsp3) is 0.632. The first-order valence-corrected chi connectivity index (χ1v) is 11.3. The van der Waals surface area contributed by atoms with E-state index in [1.165, 1.54) is 26.4 Å². The lowest BCUT2D eigenvalue weighted by atomic mass is 9.96. The molecule has 0 aliphatic heterocycles. The molecule has 10 nitrogen and oxygen atoms in total. The van der Waals surface area contributed by atoms with Gasteiger partial charge in [0.25, 0.3) is 5.69 Å². The Balaban J connectivity index is 3.14. The van der Waals surface area contributed by atoms with Crippen molar-refractivity contribution in [1.82, 2.24) is 0 Å². The number of carbonyl (C=O) groups excluding carboxylic acids is 1. The number of hydrogen-bond donors (Lipinski definition) is 0. The molecule has 1 rings (SSSR count). The summed E-state index contributed by atoms with van der Waals surface area (Å²) < 4.78 is 38.8. The molecule has 0 heterocycles. The van der Waals surface area contributed by atoms with E-state index in [2.05, 4.69) is 0 Å².